The molecule has 146 valence electrons. The second kappa shape index (κ2) is 7.23. The zero-order chi connectivity index (χ0) is 20.5. The van der Waals surface area contributed by atoms with Crippen molar-refractivity contribution in [3.05, 3.63) is 89.0 Å². The summed E-state index contributed by atoms with van der Waals surface area (Å²) in [6.45, 7) is 1.87. The summed E-state index contributed by atoms with van der Waals surface area (Å²) in [5, 5.41) is 19.4. The van der Waals surface area contributed by atoms with Crippen LogP contribution in [0.3, 0.4) is 0 Å². The number of nitrogens with one attached hydrogen (secondary N) is 2. The first-order valence-corrected chi connectivity index (χ1v) is 8.86. The van der Waals surface area contributed by atoms with Crippen LogP contribution in [-0.2, 0) is 4.79 Å². The summed E-state index contributed by atoms with van der Waals surface area (Å²) in [6.07, 6.45) is 2.85. The lowest BCUT2D eigenvalue weighted by molar-refractivity contribution is -0.132. The molecule has 3 N–H and O–H groups in total. The highest BCUT2D eigenvalue weighted by molar-refractivity contribution is 6.08. The van der Waals surface area contributed by atoms with Crippen molar-refractivity contribution in [1.82, 2.24) is 9.78 Å². The Morgan fingerprint density at radius 3 is 2.59 bits per heavy atom. The standard InChI is InChI=1S/C21H17FN4O3/c1-12-4-2-3-5-16(12)25-20(27)15-11-23-26-18(13-6-8-14(22)9-7-13)10-17(21(28)29)24-19(15)26/h2-11,18,24H,1H3,(H,25,27)(H,28,29). The number of carboxylic acid groups (broad SMARTS) is 1. The Balaban J connectivity index is 1.73. The second-order valence-corrected chi connectivity index (χ2v) is 6.63. The second-order valence-electron chi connectivity index (χ2n) is 6.63. The molecular formula is C21H17FN4O3. The number of allylic oxidation sites excluding steroid dienone is 1. The van der Waals surface area contributed by atoms with Crippen LogP contribution in [0.1, 0.15) is 27.5 Å². The fourth-order valence-electron chi connectivity index (χ4n) is 3.19. The van der Waals surface area contributed by atoms with Gasteiger partial charge in [0.05, 0.1) is 12.2 Å². The van der Waals surface area contributed by atoms with Gasteiger partial charge in [0.1, 0.15) is 22.9 Å². The minimum atomic E-state index is -1.17. The topological polar surface area (TPSA) is 96.3 Å². The van der Waals surface area contributed by atoms with E-state index in [4.69, 9.17) is 0 Å². The molecule has 1 aliphatic heterocycles. The minimum Gasteiger partial charge on any atom is -0.477 e. The van der Waals surface area contributed by atoms with E-state index in [1.54, 1.807) is 18.2 Å². The zero-order valence-corrected chi connectivity index (χ0v) is 15.4. The molecule has 0 spiro atoms. The Bertz CT molecular complexity index is 1140. The van der Waals surface area contributed by atoms with Gasteiger partial charge in [-0.15, -0.1) is 0 Å². The van der Waals surface area contributed by atoms with E-state index in [0.717, 1.165) is 5.56 Å². The lowest BCUT2D eigenvalue weighted by Crippen LogP contribution is -2.25. The number of benzene rings is 2. The summed E-state index contributed by atoms with van der Waals surface area (Å²) in [5.41, 5.74) is 2.30. The Kier molecular flexibility index (Phi) is 4.59. The number of carboxylic acids is 1. The van der Waals surface area contributed by atoms with Crippen molar-refractivity contribution in [3.63, 3.8) is 0 Å². The number of anilines is 2. The number of fused-ring (bicyclic) bond motifs is 1. The maximum absolute atomic E-state index is 13.3. The molecule has 8 heteroatoms. The number of rotatable bonds is 4. The maximum atomic E-state index is 13.3. The van der Waals surface area contributed by atoms with Crippen molar-refractivity contribution in [2.75, 3.05) is 10.6 Å². The van der Waals surface area contributed by atoms with Gasteiger partial charge in [-0.1, -0.05) is 30.3 Å². The van der Waals surface area contributed by atoms with Gasteiger partial charge in [0.2, 0.25) is 0 Å². The van der Waals surface area contributed by atoms with Crippen molar-refractivity contribution in [3.8, 4) is 0 Å². The normalized spacial score (nSPS) is 15.1. The van der Waals surface area contributed by atoms with Crippen LogP contribution in [0.25, 0.3) is 0 Å². The van der Waals surface area contributed by atoms with Crippen LogP contribution in [-0.4, -0.2) is 26.8 Å². The Labute approximate surface area is 165 Å². The molecule has 3 aromatic rings. The first kappa shape index (κ1) is 18.4. The van der Waals surface area contributed by atoms with Crippen LogP contribution < -0.4 is 10.6 Å². The molecule has 0 saturated heterocycles. The Morgan fingerprint density at radius 1 is 1.17 bits per heavy atom. The van der Waals surface area contributed by atoms with Gasteiger partial charge in [-0.3, -0.25) is 4.79 Å². The quantitative estimate of drug-likeness (QED) is 0.631. The number of carbonyl (C=O) groups is 2. The first-order valence-electron chi connectivity index (χ1n) is 8.86. The van der Waals surface area contributed by atoms with Crippen LogP contribution in [0.2, 0.25) is 0 Å². The molecule has 2 heterocycles. The molecule has 29 heavy (non-hydrogen) atoms. The largest absolute Gasteiger partial charge is 0.477 e. The van der Waals surface area contributed by atoms with E-state index in [1.807, 2.05) is 25.1 Å². The van der Waals surface area contributed by atoms with Gasteiger partial charge in [0, 0.05) is 5.69 Å². The molecule has 0 saturated carbocycles. The number of aromatic nitrogens is 2. The highest BCUT2D eigenvalue weighted by atomic mass is 19.1. The molecule has 1 aromatic heterocycles. The number of para-hydroxylation sites is 1. The SMILES string of the molecule is Cc1ccccc1NC(=O)c1cnn2c1NC(C(=O)O)=CC2c1ccc(F)cc1. The Hall–Kier alpha value is -3.94. The summed E-state index contributed by atoms with van der Waals surface area (Å²) < 4.78 is 14.8. The average molecular weight is 392 g/mol. The number of nitrogens with zero attached hydrogens (tertiary/aromatic N) is 2. The molecule has 1 amide bonds. The van der Waals surface area contributed by atoms with E-state index >= 15 is 0 Å². The maximum Gasteiger partial charge on any atom is 0.352 e. The monoisotopic (exact) mass is 392 g/mol. The molecule has 1 atom stereocenters. The number of amides is 1. The molecular weight excluding hydrogens is 375 g/mol. The van der Waals surface area contributed by atoms with Gasteiger partial charge in [0.15, 0.2) is 0 Å². The lowest BCUT2D eigenvalue weighted by atomic mass is 10.0. The highest BCUT2D eigenvalue weighted by Gasteiger charge is 2.29. The van der Waals surface area contributed by atoms with Crippen LogP contribution in [0.15, 0.2) is 66.5 Å². The van der Waals surface area contributed by atoms with E-state index in [0.29, 0.717) is 11.3 Å². The predicted octanol–water partition coefficient (Wildman–Crippen LogP) is 3.57. The van der Waals surface area contributed by atoms with E-state index in [2.05, 4.69) is 15.7 Å². The molecule has 1 aliphatic rings. The van der Waals surface area contributed by atoms with Crippen molar-refractivity contribution >= 4 is 23.4 Å². The third-order valence-electron chi connectivity index (χ3n) is 4.72. The molecule has 0 radical (unpaired) electrons. The number of halogens is 1. The van der Waals surface area contributed by atoms with Gasteiger partial charge in [0.25, 0.3) is 5.91 Å². The van der Waals surface area contributed by atoms with E-state index in [-0.39, 0.29) is 17.1 Å². The Morgan fingerprint density at radius 2 is 1.90 bits per heavy atom. The van der Waals surface area contributed by atoms with Crippen LogP contribution >= 0.6 is 0 Å². The lowest BCUT2D eigenvalue weighted by Gasteiger charge is -2.24. The smallest absolute Gasteiger partial charge is 0.352 e. The molecule has 7 nitrogen and oxygen atoms in total. The van der Waals surface area contributed by atoms with Crippen molar-refractivity contribution in [2.24, 2.45) is 0 Å². The number of aliphatic carboxylic acids is 1. The first-order chi connectivity index (χ1) is 13.9. The summed E-state index contributed by atoms with van der Waals surface area (Å²) in [5.74, 6) is -1.73. The van der Waals surface area contributed by atoms with Crippen LogP contribution in [0.4, 0.5) is 15.9 Å². The zero-order valence-electron chi connectivity index (χ0n) is 15.4. The highest BCUT2D eigenvalue weighted by Crippen LogP contribution is 2.32. The van der Waals surface area contributed by atoms with E-state index < -0.39 is 23.7 Å². The number of aryl methyl sites for hydroxylation is 1. The van der Waals surface area contributed by atoms with Crippen LogP contribution in [0.5, 0.6) is 0 Å². The molecule has 4 rings (SSSR count). The van der Waals surface area contributed by atoms with E-state index in [9.17, 15) is 19.1 Å². The molecule has 0 fully saturated rings. The number of hydrogen-bond acceptors (Lipinski definition) is 4. The van der Waals surface area contributed by atoms with Gasteiger partial charge in [-0.05, 0) is 42.3 Å². The van der Waals surface area contributed by atoms with Crippen molar-refractivity contribution in [2.45, 2.75) is 13.0 Å². The summed E-state index contributed by atoms with van der Waals surface area (Å²) in [6, 6.07) is 12.4. The van der Waals surface area contributed by atoms with Crippen molar-refractivity contribution in [1.29, 1.82) is 0 Å². The van der Waals surface area contributed by atoms with Gasteiger partial charge >= 0.3 is 5.97 Å². The molecule has 1 unspecified atom stereocenters. The summed E-state index contributed by atoms with van der Waals surface area (Å²) in [7, 11) is 0. The van der Waals surface area contributed by atoms with Gasteiger partial charge in [-0.2, -0.15) is 5.10 Å². The summed E-state index contributed by atoms with van der Waals surface area (Å²) >= 11 is 0. The number of carbonyl (C=O) groups excluding carboxylic acids is 1. The van der Waals surface area contributed by atoms with E-state index in [1.165, 1.54) is 29.1 Å². The van der Waals surface area contributed by atoms with Gasteiger partial charge in [-0.25, -0.2) is 13.9 Å². The molecule has 2 aromatic carbocycles. The van der Waals surface area contributed by atoms with Crippen molar-refractivity contribution < 1.29 is 19.1 Å². The summed E-state index contributed by atoms with van der Waals surface area (Å²) in [4.78, 5) is 24.5. The molecule has 0 aliphatic carbocycles. The fraction of sp³-hybridized carbons (Fsp3) is 0.0952. The average Bonchev–Trinajstić information content (AvgIpc) is 3.14. The predicted molar refractivity (Wildman–Crippen MR) is 105 cm³/mol. The fourth-order valence-corrected chi connectivity index (χ4v) is 3.19. The van der Waals surface area contributed by atoms with Crippen LogP contribution in [0, 0.1) is 12.7 Å². The number of hydrogen-bond donors (Lipinski definition) is 3. The third-order valence-corrected chi connectivity index (χ3v) is 4.72. The van der Waals surface area contributed by atoms with Gasteiger partial charge < -0.3 is 15.7 Å². The minimum absolute atomic E-state index is 0.0859. The molecule has 0 bridgehead atoms. The third kappa shape index (κ3) is 3.47.